The highest BCUT2D eigenvalue weighted by atomic mass is 35.5. The Bertz CT molecular complexity index is 755. The van der Waals surface area contributed by atoms with Crippen LogP contribution >= 0.6 is 11.6 Å². The molecule has 2 aromatic heterocycles. The van der Waals surface area contributed by atoms with Gasteiger partial charge in [-0.05, 0) is 25.0 Å². The monoisotopic (exact) mass is 326 g/mol. The third-order valence-electron chi connectivity index (χ3n) is 3.48. The van der Waals surface area contributed by atoms with E-state index >= 15 is 0 Å². The van der Waals surface area contributed by atoms with Crippen LogP contribution in [0.4, 0.5) is 0 Å². The SMILES string of the molecule is Cn1ccnc1CN(C1CC1)S(=O)(=O)c1ccnc(Cl)c1. The second kappa shape index (κ2) is 5.40. The lowest BCUT2D eigenvalue weighted by atomic mass is 10.5. The van der Waals surface area contributed by atoms with Gasteiger partial charge in [0.05, 0.1) is 11.4 Å². The van der Waals surface area contributed by atoms with Crippen LogP contribution in [0.5, 0.6) is 0 Å². The molecule has 0 saturated heterocycles. The van der Waals surface area contributed by atoms with Gasteiger partial charge in [0.2, 0.25) is 10.0 Å². The lowest BCUT2D eigenvalue weighted by molar-refractivity contribution is 0.385. The Hall–Kier alpha value is -1.44. The summed E-state index contributed by atoms with van der Waals surface area (Å²) in [6.45, 7) is 0.260. The summed E-state index contributed by atoms with van der Waals surface area (Å²) < 4.78 is 28.9. The van der Waals surface area contributed by atoms with Crippen LogP contribution in [0.2, 0.25) is 5.15 Å². The fourth-order valence-electron chi connectivity index (χ4n) is 2.14. The van der Waals surface area contributed by atoms with Crippen LogP contribution in [0.3, 0.4) is 0 Å². The van der Waals surface area contributed by atoms with E-state index in [1.54, 1.807) is 12.4 Å². The summed E-state index contributed by atoms with van der Waals surface area (Å²) in [6, 6.07) is 2.89. The molecule has 0 bridgehead atoms. The predicted molar refractivity (Wildman–Crippen MR) is 78.2 cm³/mol. The van der Waals surface area contributed by atoms with Gasteiger partial charge >= 0.3 is 0 Å². The van der Waals surface area contributed by atoms with Crippen molar-refractivity contribution in [3.63, 3.8) is 0 Å². The summed E-state index contributed by atoms with van der Waals surface area (Å²) in [4.78, 5) is 8.21. The summed E-state index contributed by atoms with van der Waals surface area (Å²) >= 11 is 5.81. The van der Waals surface area contributed by atoms with E-state index < -0.39 is 10.0 Å². The number of aromatic nitrogens is 3. The van der Waals surface area contributed by atoms with Crippen LogP contribution in [-0.2, 0) is 23.6 Å². The topological polar surface area (TPSA) is 68.1 Å². The van der Waals surface area contributed by atoms with Gasteiger partial charge in [0.25, 0.3) is 0 Å². The molecule has 3 rings (SSSR count). The van der Waals surface area contributed by atoms with Crippen molar-refractivity contribution < 1.29 is 8.42 Å². The Morgan fingerprint density at radius 2 is 2.14 bits per heavy atom. The van der Waals surface area contributed by atoms with E-state index in [0.717, 1.165) is 12.8 Å². The van der Waals surface area contributed by atoms with Crippen LogP contribution in [0.15, 0.2) is 35.6 Å². The largest absolute Gasteiger partial charge is 0.337 e. The van der Waals surface area contributed by atoms with Gasteiger partial charge in [-0.1, -0.05) is 11.6 Å². The van der Waals surface area contributed by atoms with Crippen LogP contribution in [0.25, 0.3) is 0 Å². The molecule has 21 heavy (non-hydrogen) atoms. The number of imidazole rings is 1. The molecule has 1 aliphatic carbocycles. The fourth-order valence-corrected chi connectivity index (χ4v) is 4.03. The summed E-state index contributed by atoms with van der Waals surface area (Å²) in [6.07, 6.45) is 6.62. The highest BCUT2D eigenvalue weighted by Crippen LogP contribution is 2.33. The first-order valence-corrected chi connectivity index (χ1v) is 8.40. The smallest absolute Gasteiger partial charge is 0.243 e. The number of hydrogen-bond acceptors (Lipinski definition) is 4. The zero-order valence-corrected chi connectivity index (χ0v) is 13.0. The fraction of sp³-hybridized carbons (Fsp3) is 0.385. The van der Waals surface area contributed by atoms with Gasteiger partial charge in [-0.3, -0.25) is 0 Å². The number of nitrogens with zero attached hydrogens (tertiary/aromatic N) is 4. The van der Waals surface area contributed by atoms with Crippen molar-refractivity contribution in [1.29, 1.82) is 0 Å². The van der Waals surface area contributed by atoms with Gasteiger partial charge < -0.3 is 4.57 Å². The molecule has 0 amide bonds. The average Bonchev–Trinajstić information content (AvgIpc) is 3.19. The van der Waals surface area contributed by atoms with Crippen molar-refractivity contribution in [2.45, 2.75) is 30.3 Å². The highest BCUT2D eigenvalue weighted by molar-refractivity contribution is 7.89. The van der Waals surface area contributed by atoms with E-state index in [1.807, 2.05) is 11.6 Å². The molecule has 6 nitrogen and oxygen atoms in total. The van der Waals surface area contributed by atoms with Gasteiger partial charge in [0, 0.05) is 31.7 Å². The maximum Gasteiger partial charge on any atom is 0.243 e. The van der Waals surface area contributed by atoms with E-state index in [4.69, 9.17) is 11.6 Å². The lowest BCUT2D eigenvalue weighted by Crippen LogP contribution is -2.33. The molecule has 2 heterocycles. The molecule has 8 heteroatoms. The number of sulfonamides is 1. The van der Waals surface area contributed by atoms with E-state index in [0.29, 0.717) is 5.82 Å². The normalized spacial score (nSPS) is 15.6. The predicted octanol–water partition coefficient (Wildman–Crippen LogP) is 1.82. The van der Waals surface area contributed by atoms with Gasteiger partial charge in [0.15, 0.2) is 0 Å². The molecule has 1 aliphatic rings. The van der Waals surface area contributed by atoms with E-state index in [-0.39, 0.29) is 22.6 Å². The minimum absolute atomic E-state index is 0.0404. The Balaban J connectivity index is 1.95. The van der Waals surface area contributed by atoms with Crippen LogP contribution < -0.4 is 0 Å². The van der Waals surface area contributed by atoms with Crippen molar-refractivity contribution in [3.8, 4) is 0 Å². The first kappa shape index (κ1) is 14.5. The van der Waals surface area contributed by atoms with Crippen molar-refractivity contribution in [1.82, 2.24) is 18.8 Å². The Morgan fingerprint density at radius 3 is 2.71 bits per heavy atom. The maximum absolute atomic E-state index is 12.8. The molecular formula is C13H15ClN4O2S. The van der Waals surface area contributed by atoms with Crippen molar-refractivity contribution in [2.75, 3.05) is 0 Å². The van der Waals surface area contributed by atoms with Crippen molar-refractivity contribution >= 4 is 21.6 Å². The standard InChI is InChI=1S/C13H15ClN4O2S/c1-17-7-6-16-13(17)9-18(10-2-3-10)21(19,20)11-4-5-15-12(14)8-11/h4-8,10H,2-3,9H2,1H3. The number of halogens is 1. The zero-order chi connectivity index (χ0) is 15.0. The first-order chi connectivity index (χ1) is 9.98. The molecule has 0 aliphatic heterocycles. The Labute approximate surface area is 128 Å². The second-order valence-electron chi connectivity index (χ2n) is 5.05. The number of aryl methyl sites for hydroxylation is 1. The van der Waals surface area contributed by atoms with E-state index in [9.17, 15) is 8.42 Å². The van der Waals surface area contributed by atoms with Crippen LogP contribution in [0, 0.1) is 0 Å². The number of rotatable bonds is 5. The Kier molecular flexibility index (Phi) is 3.73. The Morgan fingerprint density at radius 1 is 1.38 bits per heavy atom. The van der Waals surface area contributed by atoms with Crippen molar-refractivity contribution in [2.24, 2.45) is 7.05 Å². The minimum Gasteiger partial charge on any atom is -0.337 e. The van der Waals surface area contributed by atoms with Gasteiger partial charge in [0.1, 0.15) is 11.0 Å². The molecule has 112 valence electrons. The van der Waals surface area contributed by atoms with Gasteiger partial charge in [-0.15, -0.1) is 0 Å². The molecular weight excluding hydrogens is 312 g/mol. The van der Waals surface area contributed by atoms with Gasteiger partial charge in [-0.25, -0.2) is 18.4 Å². The third kappa shape index (κ3) is 2.95. The summed E-state index contributed by atoms with van der Waals surface area (Å²) in [5.74, 6) is 0.714. The number of hydrogen-bond donors (Lipinski definition) is 0. The molecule has 1 fully saturated rings. The quantitative estimate of drug-likeness (QED) is 0.786. The molecule has 1 saturated carbocycles. The molecule has 0 aromatic carbocycles. The lowest BCUT2D eigenvalue weighted by Gasteiger charge is -2.21. The van der Waals surface area contributed by atoms with Crippen LogP contribution in [0.1, 0.15) is 18.7 Å². The average molecular weight is 327 g/mol. The molecule has 0 spiro atoms. The molecule has 0 atom stereocenters. The van der Waals surface area contributed by atoms with Gasteiger partial charge in [-0.2, -0.15) is 4.31 Å². The molecule has 2 aromatic rings. The summed E-state index contributed by atoms with van der Waals surface area (Å²) in [7, 11) is -1.75. The zero-order valence-electron chi connectivity index (χ0n) is 11.5. The maximum atomic E-state index is 12.8. The molecule has 0 radical (unpaired) electrons. The molecule has 0 unspecified atom stereocenters. The highest BCUT2D eigenvalue weighted by Gasteiger charge is 2.38. The second-order valence-corrected chi connectivity index (χ2v) is 7.33. The minimum atomic E-state index is -3.60. The van der Waals surface area contributed by atoms with E-state index in [1.165, 1.54) is 22.6 Å². The summed E-state index contributed by atoms with van der Waals surface area (Å²) in [5.41, 5.74) is 0. The van der Waals surface area contributed by atoms with Crippen molar-refractivity contribution in [3.05, 3.63) is 41.7 Å². The first-order valence-electron chi connectivity index (χ1n) is 6.58. The molecule has 0 N–H and O–H groups in total. The third-order valence-corrected chi connectivity index (χ3v) is 5.58. The number of pyridine rings is 1. The van der Waals surface area contributed by atoms with Crippen LogP contribution in [-0.4, -0.2) is 33.3 Å². The summed E-state index contributed by atoms with van der Waals surface area (Å²) in [5, 5.41) is 0.170. The van der Waals surface area contributed by atoms with E-state index in [2.05, 4.69) is 9.97 Å².